The van der Waals surface area contributed by atoms with E-state index in [2.05, 4.69) is 34.5 Å². The summed E-state index contributed by atoms with van der Waals surface area (Å²) < 4.78 is 6.90. The van der Waals surface area contributed by atoms with Crippen molar-refractivity contribution in [3.63, 3.8) is 0 Å². The summed E-state index contributed by atoms with van der Waals surface area (Å²) in [6.07, 6.45) is 3.95. The highest BCUT2D eigenvalue weighted by atomic mass is 32.1. The summed E-state index contributed by atoms with van der Waals surface area (Å²) in [5.74, 6) is 0.221. The molecular weight excluding hydrogens is 352 g/mol. The Morgan fingerprint density at radius 3 is 2.92 bits per heavy atom. The zero-order chi connectivity index (χ0) is 18.3. The lowest BCUT2D eigenvalue weighted by atomic mass is 10.1. The maximum atomic E-state index is 12.9. The summed E-state index contributed by atoms with van der Waals surface area (Å²) in [6, 6.07) is 2.06. The van der Waals surface area contributed by atoms with E-state index in [-0.39, 0.29) is 11.9 Å². The molecule has 136 valence electrons. The van der Waals surface area contributed by atoms with Crippen molar-refractivity contribution in [2.75, 3.05) is 12.4 Å². The third-order valence-corrected chi connectivity index (χ3v) is 5.08. The molecule has 1 aliphatic rings. The second-order valence-electron chi connectivity index (χ2n) is 6.68. The fourth-order valence-corrected chi connectivity index (χ4v) is 3.55. The topological polar surface area (TPSA) is 94.8 Å². The Bertz CT molecular complexity index is 959. The zero-order valence-corrected chi connectivity index (χ0v) is 15.7. The molecule has 3 aromatic heterocycles. The molecule has 3 aromatic rings. The maximum absolute atomic E-state index is 12.9. The number of ether oxygens (including phenoxy) is 1. The summed E-state index contributed by atoms with van der Waals surface area (Å²) >= 11 is 1.30. The fourth-order valence-electron chi connectivity index (χ4n) is 2.84. The van der Waals surface area contributed by atoms with E-state index in [9.17, 15) is 4.79 Å². The number of rotatable bonds is 6. The molecule has 1 saturated carbocycles. The number of aromatic nitrogens is 5. The number of hydrogen-bond donors (Lipinski definition) is 1. The molecule has 0 aliphatic heterocycles. The third kappa shape index (κ3) is 3.19. The Hall–Kier alpha value is -2.39. The third-order valence-electron chi connectivity index (χ3n) is 4.27. The van der Waals surface area contributed by atoms with Crippen molar-refractivity contribution in [2.24, 2.45) is 0 Å². The van der Waals surface area contributed by atoms with Crippen LogP contribution in [0.1, 0.15) is 59.7 Å². The monoisotopic (exact) mass is 372 g/mol. The van der Waals surface area contributed by atoms with Crippen LogP contribution < -0.4 is 5.32 Å². The van der Waals surface area contributed by atoms with Crippen LogP contribution in [-0.4, -0.2) is 38.0 Å². The molecule has 4 rings (SSSR count). The van der Waals surface area contributed by atoms with Gasteiger partial charge in [-0.3, -0.25) is 10.1 Å². The van der Waals surface area contributed by atoms with Gasteiger partial charge in [0, 0.05) is 24.8 Å². The Morgan fingerprint density at radius 1 is 1.42 bits per heavy atom. The highest BCUT2D eigenvalue weighted by Gasteiger charge is 2.28. The minimum atomic E-state index is -0.220. The predicted octanol–water partition coefficient (Wildman–Crippen LogP) is 3.14. The van der Waals surface area contributed by atoms with E-state index < -0.39 is 0 Å². The second kappa shape index (κ2) is 6.73. The predicted molar refractivity (Wildman–Crippen MR) is 98.5 cm³/mol. The van der Waals surface area contributed by atoms with Crippen LogP contribution in [0.4, 0.5) is 5.13 Å². The number of nitrogens with zero attached hydrogens (tertiary/aromatic N) is 5. The van der Waals surface area contributed by atoms with Gasteiger partial charge in [-0.15, -0.1) is 10.2 Å². The Morgan fingerprint density at radius 2 is 2.23 bits per heavy atom. The first-order chi connectivity index (χ1) is 12.6. The number of carbonyl (C=O) groups is 1. The summed E-state index contributed by atoms with van der Waals surface area (Å²) in [7, 11) is 1.60. The standard InChI is InChI=1S/C17H20N6O2S/c1-9(2)23-15-12(7-18-23)11(6-13(19-15)10-4-5-10)16(24)20-17-22-21-14(26-17)8-25-3/h6-7,9-10H,4-5,8H2,1-3H3,(H,20,22,24). The van der Waals surface area contributed by atoms with Crippen LogP contribution in [0, 0.1) is 0 Å². The number of anilines is 1. The number of hydrogen-bond acceptors (Lipinski definition) is 7. The van der Waals surface area contributed by atoms with Gasteiger partial charge in [-0.05, 0) is 32.8 Å². The molecule has 0 unspecified atom stereocenters. The van der Waals surface area contributed by atoms with E-state index in [1.807, 2.05) is 10.7 Å². The summed E-state index contributed by atoms with van der Waals surface area (Å²) in [5, 5.41) is 17.2. The van der Waals surface area contributed by atoms with Crippen molar-refractivity contribution in [3.05, 3.63) is 28.5 Å². The minimum absolute atomic E-state index is 0.171. The number of amides is 1. The number of pyridine rings is 1. The normalized spacial score (nSPS) is 14.3. The van der Waals surface area contributed by atoms with Crippen molar-refractivity contribution >= 4 is 33.4 Å². The van der Waals surface area contributed by atoms with Crippen molar-refractivity contribution in [1.29, 1.82) is 0 Å². The van der Waals surface area contributed by atoms with Crippen molar-refractivity contribution in [2.45, 2.75) is 45.3 Å². The van der Waals surface area contributed by atoms with E-state index in [1.54, 1.807) is 13.3 Å². The molecule has 0 radical (unpaired) electrons. The second-order valence-corrected chi connectivity index (χ2v) is 7.74. The van der Waals surface area contributed by atoms with Gasteiger partial charge in [-0.2, -0.15) is 5.10 Å². The van der Waals surface area contributed by atoms with E-state index >= 15 is 0 Å². The molecule has 1 aliphatic carbocycles. The lowest BCUT2D eigenvalue weighted by Crippen LogP contribution is -2.13. The number of methoxy groups -OCH3 is 1. The highest BCUT2D eigenvalue weighted by Crippen LogP contribution is 2.40. The average Bonchev–Trinajstić information content (AvgIpc) is 3.23. The first kappa shape index (κ1) is 17.0. The molecule has 8 nitrogen and oxygen atoms in total. The SMILES string of the molecule is COCc1nnc(NC(=O)c2cc(C3CC3)nc3c2cnn3C(C)C)s1. The molecular formula is C17H20N6O2S. The van der Waals surface area contributed by atoms with Gasteiger partial charge in [0.2, 0.25) is 5.13 Å². The molecule has 3 heterocycles. The number of fused-ring (bicyclic) bond motifs is 1. The van der Waals surface area contributed by atoms with E-state index in [1.165, 1.54) is 11.3 Å². The largest absolute Gasteiger partial charge is 0.377 e. The molecule has 26 heavy (non-hydrogen) atoms. The van der Waals surface area contributed by atoms with Gasteiger partial charge in [0.05, 0.1) is 17.1 Å². The van der Waals surface area contributed by atoms with Crippen LogP contribution in [-0.2, 0) is 11.3 Å². The van der Waals surface area contributed by atoms with Gasteiger partial charge >= 0.3 is 0 Å². The summed E-state index contributed by atoms with van der Waals surface area (Å²) in [5.41, 5.74) is 2.29. The molecule has 0 atom stereocenters. The van der Waals surface area contributed by atoms with Gasteiger partial charge in [0.15, 0.2) is 5.65 Å². The van der Waals surface area contributed by atoms with Gasteiger partial charge < -0.3 is 4.74 Å². The van der Waals surface area contributed by atoms with Gasteiger partial charge in [-0.25, -0.2) is 9.67 Å². The van der Waals surface area contributed by atoms with Crippen LogP contribution in [0.5, 0.6) is 0 Å². The Labute approximate surface area is 154 Å². The van der Waals surface area contributed by atoms with Crippen LogP contribution in [0.3, 0.4) is 0 Å². The Kier molecular flexibility index (Phi) is 4.41. The molecule has 0 saturated heterocycles. The molecule has 1 fully saturated rings. The van der Waals surface area contributed by atoms with Gasteiger partial charge in [-0.1, -0.05) is 11.3 Å². The van der Waals surface area contributed by atoms with Crippen molar-refractivity contribution in [3.8, 4) is 0 Å². The zero-order valence-electron chi connectivity index (χ0n) is 14.9. The molecule has 1 N–H and O–H groups in total. The number of nitrogens with one attached hydrogen (secondary N) is 1. The number of carbonyl (C=O) groups excluding carboxylic acids is 1. The molecule has 0 spiro atoms. The van der Waals surface area contributed by atoms with E-state index in [0.29, 0.717) is 28.2 Å². The van der Waals surface area contributed by atoms with Crippen LogP contribution in [0.25, 0.3) is 11.0 Å². The molecule has 0 aromatic carbocycles. The van der Waals surface area contributed by atoms with Gasteiger partial charge in [0.25, 0.3) is 5.91 Å². The van der Waals surface area contributed by atoms with Crippen LogP contribution in [0.15, 0.2) is 12.3 Å². The summed E-state index contributed by atoms with van der Waals surface area (Å²) in [4.78, 5) is 17.7. The lowest BCUT2D eigenvalue weighted by molar-refractivity contribution is 0.102. The quantitative estimate of drug-likeness (QED) is 0.714. The average molecular weight is 372 g/mol. The van der Waals surface area contributed by atoms with Crippen molar-refractivity contribution < 1.29 is 9.53 Å². The van der Waals surface area contributed by atoms with Crippen LogP contribution >= 0.6 is 11.3 Å². The maximum Gasteiger partial charge on any atom is 0.258 e. The Balaban J connectivity index is 1.70. The van der Waals surface area contributed by atoms with E-state index in [4.69, 9.17) is 9.72 Å². The summed E-state index contributed by atoms with van der Waals surface area (Å²) in [6.45, 7) is 4.48. The smallest absolute Gasteiger partial charge is 0.258 e. The van der Waals surface area contributed by atoms with Crippen molar-refractivity contribution in [1.82, 2.24) is 25.0 Å². The molecule has 0 bridgehead atoms. The first-order valence-corrected chi connectivity index (χ1v) is 9.39. The minimum Gasteiger partial charge on any atom is -0.377 e. The molecule has 9 heteroatoms. The van der Waals surface area contributed by atoms with E-state index in [0.717, 1.165) is 29.6 Å². The fraction of sp³-hybridized carbons (Fsp3) is 0.471. The van der Waals surface area contributed by atoms with Crippen LogP contribution in [0.2, 0.25) is 0 Å². The van der Waals surface area contributed by atoms with Gasteiger partial charge in [0.1, 0.15) is 11.6 Å². The highest BCUT2D eigenvalue weighted by molar-refractivity contribution is 7.15. The molecule has 1 amide bonds. The lowest BCUT2D eigenvalue weighted by Gasteiger charge is -2.09. The first-order valence-electron chi connectivity index (χ1n) is 8.57.